The van der Waals surface area contributed by atoms with Gasteiger partial charge in [-0.05, 0) is 36.5 Å². The molecule has 9 nitrogen and oxygen atoms in total. The summed E-state index contributed by atoms with van der Waals surface area (Å²) in [6, 6.07) is 7.20. The zero-order valence-corrected chi connectivity index (χ0v) is 18.0. The fraction of sp³-hybridized carbons (Fsp3) is 0.478. The summed E-state index contributed by atoms with van der Waals surface area (Å²) in [5.41, 5.74) is 1.87. The lowest BCUT2D eigenvalue weighted by atomic mass is 9.97. The van der Waals surface area contributed by atoms with Gasteiger partial charge in [-0.3, -0.25) is 9.69 Å². The molecule has 3 aromatic rings. The summed E-state index contributed by atoms with van der Waals surface area (Å²) in [4.78, 5) is 34.1. The van der Waals surface area contributed by atoms with Gasteiger partial charge in [0.2, 0.25) is 0 Å². The third kappa shape index (κ3) is 3.93. The van der Waals surface area contributed by atoms with Crippen molar-refractivity contribution < 1.29 is 14.6 Å². The molecule has 2 fully saturated rings. The highest BCUT2D eigenvalue weighted by atomic mass is 16.5. The number of H-pyrrole nitrogens is 1. The minimum Gasteiger partial charge on any atom is -0.478 e. The highest BCUT2D eigenvalue weighted by Gasteiger charge is 2.33. The summed E-state index contributed by atoms with van der Waals surface area (Å²) in [7, 11) is 0. The van der Waals surface area contributed by atoms with Crippen molar-refractivity contribution in [3.63, 3.8) is 0 Å². The summed E-state index contributed by atoms with van der Waals surface area (Å²) < 4.78 is 7.37. The highest BCUT2D eigenvalue weighted by molar-refractivity contribution is 5.87. The molecule has 0 saturated carbocycles. The van der Waals surface area contributed by atoms with Crippen LogP contribution in [0.25, 0.3) is 11.0 Å². The predicted octanol–water partition coefficient (Wildman–Crippen LogP) is 2.40. The summed E-state index contributed by atoms with van der Waals surface area (Å²) in [5, 5.41) is 14.1. The molecule has 9 heteroatoms. The number of ether oxygens (including phenoxy) is 1. The number of hydrogen-bond donors (Lipinski definition) is 2. The molecule has 2 aliphatic heterocycles. The van der Waals surface area contributed by atoms with Gasteiger partial charge < -0.3 is 14.8 Å². The van der Waals surface area contributed by atoms with Crippen molar-refractivity contribution in [2.24, 2.45) is 5.92 Å². The van der Waals surface area contributed by atoms with Gasteiger partial charge in [-0.2, -0.15) is 5.10 Å². The van der Waals surface area contributed by atoms with E-state index in [1.165, 1.54) is 0 Å². The number of likely N-dealkylation sites (tertiary alicyclic amines) is 1. The summed E-state index contributed by atoms with van der Waals surface area (Å²) in [6.07, 6.45) is 3.36. The van der Waals surface area contributed by atoms with Crippen molar-refractivity contribution in [2.45, 2.75) is 38.3 Å². The predicted molar refractivity (Wildman–Crippen MR) is 118 cm³/mol. The second-order valence-electron chi connectivity index (χ2n) is 8.90. The van der Waals surface area contributed by atoms with E-state index in [4.69, 9.17) is 14.8 Å². The van der Waals surface area contributed by atoms with Crippen LogP contribution in [0.1, 0.15) is 53.5 Å². The molecular formula is C23H27N5O4. The molecule has 0 unspecified atom stereocenters. The SMILES string of the molecule is C[C@H]1CN(Cc2ccc(C(=O)O)cc2)C[C@@H]1c1nc2c(cnn2C2CCOCC2)c(=O)[nH]1. The third-order valence-corrected chi connectivity index (χ3v) is 6.66. The number of nitrogens with zero attached hydrogens (tertiary/aromatic N) is 4. The molecule has 32 heavy (non-hydrogen) atoms. The Morgan fingerprint density at radius 1 is 1.22 bits per heavy atom. The lowest BCUT2D eigenvalue weighted by molar-refractivity contribution is 0.0672. The Labute approximate surface area is 185 Å². The first-order chi connectivity index (χ1) is 15.5. The molecule has 1 aromatic carbocycles. The smallest absolute Gasteiger partial charge is 0.335 e. The van der Waals surface area contributed by atoms with Crippen LogP contribution < -0.4 is 5.56 Å². The van der Waals surface area contributed by atoms with E-state index in [9.17, 15) is 9.59 Å². The number of fused-ring (bicyclic) bond motifs is 1. The van der Waals surface area contributed by atoms with Crippen molar-refractivity contribution in [3.05, 3.63) is 57.8 Å². The monoisotopic (exact) mass is 437 g/mol. The van der Waals surface area contributed by atoms with Crippen LogP contribution in [0.5, 0.6) is 0 Å². The molecule has 2 saturated heterocycles. The Morgan fingerprint density at radius 2 is 1.97 bits per heavy atom. The number of aromatic nitrogens is 4. The molecule has 0 spiro atoms. The van der Waals surface area contributed by atoms with Gasteiger partial charge in [0.15, 0.2) is 5.65 Å². The Hall–Kier alpha value is -3.04. The summed E-state index contributed by atoms with van der Waals surface area (Å²) in [5.74, 6) is 0.237. The molecule has 2 N–H and O–H groups in total. The maximum absolute atomic E-state index is 12.8. The normalized spacial score (nSPS) is 22.5. The van der Waals surface area contributed by atoms with E-state index in [0.29, 0.717) is 36.0 Å². The van der Waals surface area contributed by atoms with Crippen molar-refractivity contribution in [1.29, 1.82) is 0 Å². The van der Waals surface area contributed by atoms with Gasteiger partial charge in [0.05, 0.1) is 17.8 Å². The Kier molecular flexibility index (Phi) is 5.52. The van der Waals surface area contributed by atoms with E-state index in [2.05, 4.69) is 21.9 Å². The fourth-order valence-corrected chi connectivity index (χ4v) is 4.89. The second kappa shape index (κ2) is 8.48. The maximum atomic E-state index is 12.8. The van der Waals surface area contributed by atoms with Gasteiger partial charge in [-0.1, -0.05) is 19.1 Å². The van der Waals surface area contributed by atoms with Crippen LogP contribution in [-0.2, 0) is 11.3 Å². The molecule has 2 aliphatic rings. The number of rotatable bonds is 5. The summed E-state index contributed by atoms with van der Waals surface area (Å²) >= 11 is 0. The van der Waals surface area contributed by atoms with Gasteiger partial charge in [0, 0.05) is 38.8 Å². The standard InChI is InChI=1S/C23H27N5O4/c1-14-11-27(12-15-2-4-16(5-3-15)23(30)31)13-19(14)20-25-21-18(22(29)26-20)10-24-28(21)17-6-8-32-9-7-17/h2-5,10,14,17,19H,6-9,11-13H2,1H3,(H,30,31)(H,25,26,29)/t14-,19-/m0/s1. The van der Waals surface area contributed by atoms with Gasteiger partial charge in [-0.25, -0.2) is 14.5 Å². The number of aromatic carboxylic acids is 1. The number of carbonyl (C=O) groups is 1. The van der Waals surface area contributed by atoms with E-state index >= 15 is 0 Å². The first kappa shape index (κ1) is 20.8. The Balaban J connectivity index is 1.37. The Bertz CT molecular complexity index is 1180. The van der Waals surface area contributed by atoms with Gasteiger partial charge in [-0.15, -0.1) is 0 Å². The second-order valence-corrected chi connectivity index (χ2v) is 8.90. The quantitative estimate of drug-likeness (QED) is 0.630. The van der Waals surface area contributed by atoms with Crippen LogP contribution in [0.3, 0.4) is 0 Å². The van der Waals surface area contributed by atoms with Gasteiger partial charge in [0.25, 0.3) is 5.56 Å². The highest BCUT2D eigenvalue weighted by Crippen LogP contribution is 2.32. The number of aromatic amines is 1. The van der Waals surface area contributed by atoms with Crippen molar-refractivity contribution in [1.82, 2.24) is 24.6 Å². The van der Waals surface area contributed by atoms with E-state index in [1.807, 2.05) is 16.8 Å². The van der Waals surface area contributed by atoms with Crippen LogP contribution in [0, 0.1) is 5.92 Å². The number of carboxylic acids is 1. The lowest BCUT2D eigenvalue weighted by Gasteiger charge is -2.23. The van der Waals surface area contributed by atoms with E-state index in [0.717, 1.165) is 38.0 Å². The fourth-order valence-electron chi connectivity index (χ4n) is 4.89. The van der Waals surface area contributed by atoms with Crippen LogP contribution >= 0.6 is 0 Å². The number of benzene rings is 1. The van der Waals surface area contributed by atoms with Crippen molar-refractivity contribution in [3.8, 4) is 0 Å². The number of hydrogen-bond acceptors (Lipinski definition) is 6. The first-order valence-electron chi connectivity index (χ1n) is 11.1. The third-order valence-electron chi connectivity index (χ3n) is 6.66. The molecule has 2 atom stereocenters. The Morgan fingerprint density at radius 3 is 2.69 bits per heavy atom. The lowest BCUT2D eigenvalue weighted by Crippen LogP contribution is -2.23. The van der Waals surface area contributed by atoms with Crippen molar-refractivity contribution >= 4 is 17.0 Å². The van der Waals surface area contributed by atoms with E-state index in [1.54, 1.807) is 18.3 Å². The molecule has 2 aromatic heterocycles. The minimum absolute atomic E-state index is 0.114. The molecular weight excluding hydrogens is 410 g/mol. The van der Waals surface area contributed by atoms with Crippen LogP contribution in [0.15, 0.2) is 35.3 Å². The largest absolute Gasteiger partial charge is 0.478 e. The molecule has 0 aliphatic carbocycles. The molecule has 4 heterocycles. The molecule has 168 valence electrons. The van der Waals surface area contributed by atoms with Crippen LogP contribution in [0.4, 0.5) is 0 Å². The molecule has 0 radical (unpaired) electrons. The first-order valence-corrected chi connectivity index (χ1v) is 11.1. The van der Waals surface area contributed by atoms with Gasteiger partial charge >= 0.3 is 5.97 Å². The average molecular weight is 438 g/mol. The zero-order valence-electron chi connectivity index (χ0n) is 18.0. The topological polar surface area (TPSA) is 113 Å². The molecule has 0 amide bonds. The number of carboxylic acid groups (broad SMARTS) is 1. The van der Waals surface area contributed by atoms with Gasteiger partial charge in [0.1, 0.15) is 11.2 Å². The van der Waals surface area contributed by atoms with E-state index in [-0.39, 0.29) is 23.1 Å². The van der Waals surface area contributed by atoms with Crippen LogP contribution in [0.2, 0.25) is 0 Å². The zero-order chi connectivity index (χ0) is 22.2. The summed E-state index contributed by atoms with van der Waals surface area (Å²) in [6.45, 7) is 5.97. The maximum Gasteiger partial charge on any atom is 0.335 e. The average Bonchev–Trinajstić information content (AvgIpc) is 3.38. The molecule has 0 bridgehead atoms. The molecule has 5 rings (SSSR count). The number of nitrogens with one attached hydrogen (secondary N) is 1. The van der Waals surface area contributed by atoms with E-state index < -0.39 is 5.97 Å². The van der Waals surface area contributed by atoms with Crippen molar-refractivity contribution in [2.75, 3.05) is 26.3 Å². The van der Waals surface area contributed by atoms with Crippen LogP contribution in [-0.4, -0.2) is 62.0 Å². The minimum atomic E-state index is -0.920.